The highest BCUT2D eigenvalue weighted by Gasteiger charge is 2.34. The minimum Gasteiger partial charge on any atom is -0.339 e. The standard InChI is InChI=1S/C17H17F2N3O4S/c18-13-4-3-5-14(19)17(13)27(25,26)22-10-8-20(9-11-22)16(24)12-21-7-2-1-6-15(21)23/h1-7H,8-12H2. The van der Waals surface area contributed by atoms with Crippen LogP contribution in [0.4, 0.5) is 8.78 Å². The Hall–Kier alpha value is -2.59. The molecule has 10 heteroatoms. The molecule has 0 saturated carbocycles. The largest absolute Gasteiger partial charge is 0.339 e. The molecule has 1 fully saturated rings. The number of nitrogens with zero attached hydrogens (tertiary/aromatic N) is 3. The number of carbonyl (C=O) groups excluding carboxylic acids is 1. The number of hydrogen-bond donors (Lipinski definition) is 0. The van der Waals surface area contributed by atoms with E-state index in [0.29, 0.717) is 0 Å². The fourth-order valence-corrected chi connectivity index (χ4v) is 4.40. The molecule has 2 heterocycles. The van der Waals surface area contributed by atoms with Crippen LogP contribution in [-0.4, -0.2) is 54.3 Å². The number of pyridine rings is 1. The van der Waals surface area contributed by atoms with Crippen LogP contribution in [0.2, 0.25) is 0 Å². The highest BCUT2D eigenvalue weighted by Crippen LogP contribution is 2.23. The summed E-state index contributed by atoms with van der Waals surface area (Å²) in [6.45, 7) is -0.211. The van der Waals surface area contributed by atoms with Gasteiger partial charge in [0.05, 0.1) is 0 Å². The van der Waals surface area contributed by atoms with Gasteiger partial charge in [-0.25, -0.2) is 17.2 Å². The number of piperazine rings is 1. The molecule has 1 aliphatic rings. The number of benzene rings is 1. The summed E-state index contributed by atoms with van der Waals surface area (Å²) in [5.41, 5.74) is -0.318. The third kappa shape index (κ3) is 3.91. The van der Waals surface area contributed by atoms with E-state index in [4.69, 9.17) is 0 Å². The van der Waals surface area contributed by atoms with Crippen LogP contribution in [-0.2, 0) is 21.4 Å². The summed E-state index contributed by atoms with van der Waals surface area (Å²) in [6.07, 6.45) is 1.49. The average molecular weight is 397 g/mol. The van der Waals surface area contributed by atoms with E-state index in [1.807, 2.05) is 0 Å². The molecule has 1 saturated heterocycles. The second-order valence-corrected chi connectivity index (χ2v) is 7.88. The van der Waals surface area contributed by atoms with Crippen molar-refractivity contribution in [3.63, 3.8) is 0 Å². The van der Waals surface area contributed by atoms with E-state index in [9.17, 15) is 26.8 Å². The van der Waals surface area contributed by atoms with Gasteiger partial charge in [-0.3, -0.25) is 9.59 Å². The number of sulfonamides is 1. The first kappa shape index (κ1) is 19.2. The number of amides is 1. The second kappa shape index (κ2) is 7.57. The molecule has 0 unspecified atom stereocenters. The van der Waals surface area contributed by atoms with Gasteiger partial charge in [0.15, 0.2) is 4.90 Å². The quantitative estimate of drug-likeness (QED) is 0.759. The Labute approximate surface area is 154 Å². The maximum Gasteiger partial charge on any atom is 0.250 e. The molecule has 0 atom stereocenters. The highest BCUT2D eigenvalue weighted by molar-refractivity contribution is 7.89. The average Bonchev–Trinajstić information content (AvgIpc) is 2.63. The summed E-state index contributed by atoms with van der Waals surface area (Å²) in [4.78, 5) is 24.4. The van der Waals surface area contributed by atoms with Gasteiger partial charge in [-0.2, -0.15) is 4.31 Å². The Bertz CT molecular complexity index is 995. The molecular weight excluding hydrogens is 380 g/mol. The van der Waals surface area contributed by atoms with E-state index >= 15 is 0 Å². The van der Waals surface area contributed by atoms with E-state index < -0.39 is 26.6 Å². The topological polar surface area (TPSA) is 79.7 Å². The monoisotopic (exact) mass is 397 g/mol. The zero-order chi connectivity index (χ0) is 19.6. The number of hydrogen-bond acceptors (Lipinski definition) is 4. The van der Waals surface area contributed by atoms with Gasteiger partial charge in [-0.15, -0.1) is 0 Å². The van der Waals surface area contributed by atoms with Crippen molar-refractivity contribution in [1.82, 2.24) is 13.8 Å². The van der Waals surface area contributed by atoms with Crippen molar-refractivity contribution in [2.75, 3.05) is 26.2 Å². The van der Waals surface area contributed by atoms with Crippen LogP contribution in [0.25, 0.3) is 0 Å². The molecule has 1 aromatic carbocycles. The third-order valence-electron chi connectivity index (χ3n) is 4.31. The summed E-state index contributed by atoms with van der Waals surface area (Å²) in [7, 11) is -4.35. The van der Waals surface area contributed by atoms with Crippen LogP contribution in [0, 0.1) is 11.6 Å². The Morgan fingerprint density at radius 3 is 2.19 bits per heavy atom. The molecule has 0 N–H and O–H groups in total. The summed E-state index contributed by atoms with van der Waals surface area (Å²) in [6, 6.07) is 7.38. The van der Waals surface area contributed by atoms with Gasteiger partial charge in [-0.1, -0.05) is 12.1 Å². The highest BCUT2D eigenvalue weighted by atomic mass is 32.2. The normalized spacial score (nSPS) is 15.7. The van der Waals surface area contributed by atoms with Crippen LogP contribution in [0.1, 0.15) is 0 Å². The van der Waals surface area contributed by atoms with E-state index in [1.165, 1.54) is 21.7 Å². The van der Waals surface area contributed by atoms with Gasteiger partial charge in [-0.05, 0) is 18.2 Å². The predicted octanol–water partition coefficient (Wildman–Crippen LogP) is 0.660. The van der Waals surface area contributed by atoms with Crippen molar-refractivity contribution in [1.29, 1.82) is 0 Å². The van der Waals surface area contributed by atoms with Gasteiger partial charge in [0.25, 0.3) is 5.56 Å². The van der Waals surface area contributed by atoms with Crippen molar-refractivity contribution in [2.24, 2.45) is 0 Å². The van der Waals surface area contributed by atoms with Gasteiger partial charge < -0.3 is 9.47 Å². The minimum absolute atomic E-state index is 0.0652. The number of carbonyl (C=O) groups is 1. The summed E-state index contributed by atoms with van der Waals surface area (Å²) in [5.74, 6) is -2.65. The van der Waals surface area contributed by atoms with Crippen LogP contribution in [0.3, 0.4) is 0 Å². The molecule has 1 amide bonds. The fraction of sp³-hybridized carbons (Fsp3) is 0.294. The maximum atomic E-state index is 13.8. The zero-order valence-corrected chi connectivity index (χ0v) is 15.0. The van der Waals surface area contributed by atoms with Gasteiger partial charge in [0, 0.05) is 38.4 Å². The van der Waals surface area contributed by atoms with E-state index in [1.54, 1.807) is 12.1 Å². The molecule has 0 bridgehead atoms. The molecule has 0 radical (unpaired) electrons. The Balaban J connectivity index is 1.69. The first-order chi connectivity index (χ1) is 12.8. The van der Waals surface area contributed by atoms with Gasteiger partial charge in [0.1, 0.15) is 18.2 Å². The smallest absolute Gasteiger partial charge is 0.250 e. The third-order valence-corrected chi connectivity index (χ3v) is 6.26. The van der Waals surface area contributed by atoms with E-state index in [2.05, 4.69) is 0 Å². The first-order valence-electron chi connectivity index (χ1n) is 8.18. The summed E-state index contributed by atoms with van der Waals surface area (Å²) >= 11 is 0. The van der Waals surface area contributed by atoms with Crippen molar-refractivity contribution in [3.8, 4) is 0 Å². The Morgan fingerprint density at radius 2 is 1.59 bits per heavy atom. The molecule has 27 heavy (non-hydrogen) atoms. The zero-order valence-electron chi connectivity index (χ0n) is 14.2. The molecular formula is C17H17F2N3O4S. The summed E-state index contributed by atoms with van der Waals surface area (Å²) in [5, 5.41) is 0. The van der Waals surface area contributed by atoms with Crippen LogP contribution < -0.4 is 5.56 Å². The van der Waals surface area contributed by atoms with Crippen LogP contribution in [0.5, 0.6) is 0 Å². The molecule has 0 spiro atoms. The van der Waals surface area contributed by atoms with Gasteiger partial charge in [0.2, 0.25) is 15.9 Å². The number of aromatic nitrogens is 1. The Morgan fingerprint density at radius 1 is 0.963 bits per heavy atom. The number of halogens is 2. The lowest BCUT2D eigenvalue weighted by molar-refractivity contribution is -0.133. The predicted molar refractivity (Wildman–Crippen MR) is 92.4 cm³/mol. The first-order valence-corrected chi connectivity index (χ1v) is 9.62. The van der Waals surface area contributed by atoms with Gasteiger partial charge >= 0.3 is 0 Å². The molecule has 0 aliphatic carbocycles. The molecule has 1 aromatic heterocycles. The fourth-order valence-electron chi connectivity index (χ4n) is 2.87. The lowest BCUT2D eigenvalue weighted by Gasteiger charge is -2.34. The van der Waals surface area contributed by atoms with Crippen LogP contribution in [0.15, 0.2) is 52.3 Å². The maximum absolute atomic E-state index is 13.8. The lowest BCUT2D eigenvalue weighted by atomic mass is 10.3. The Kier molecular flexibility index (Phi) is 5.38. The number of rotatable bonds is 4. The van der Waals surface area contributed by atoms with Crippen molar-refractivity contribution in [2.45, 2.75) is 11.4 Å². The van der Waals surface area contributed by atoms with Crippen LogP contribution >= 0.6 is 0 Å². The van der Waals surface area contributed by atoms with Crippen molar-refractivity contribution < 1.29 is 22.0 Å². The van der Waals surface area contributed by atoms with Crippen molar-refractivity contribution in [3.05, 3.63) is 64.6 Å². The van der Waals surface area contributed by atoms with E-state index in [0.717, 1.165) is 22.5 Å². The minimum atomic E-state index is -4.35. The SMILES string of the molecule is O=C(Cn1ccccc1=O)N1CCN(S(=O)(=O)c2c(F)cccc2F)CC1. The van der Waals surface area contributed by atoms with E-state index in [-0.39, 0.29) is 44.2 Å². The molecule has 1 aliphatic heterocycles. The lowest BCUT2D eigenvalue weighted by Crippen LogP contribution is -2.51. The second-order valence-electron chi connectivity index (χ2n) is 6.00. The van der Waals surface area contributed by atoms with Crippen molar-refractivity contribution >= 4 is 15.9 Å². The molecule has 2 aromatic rings. The molecule has 3 rings (SSSR count). The summed E-state index contributed by atoms with van der Waals surface area (Å²) < 4.78 is 55.0. The molecule has 7 nitrogen and oxygen atoms in total. The molecule has 144 valence electrons.